The van der Waals surface area contributed by atoms with E-state index in [-0.39, 0.29) is 24.0 Å². The highest BCUT2D eigenvalue weighted by molar-refractivity contribution is 6.05. The molecule has 2 aromatic heterocycles. The minimum absolute atomic E-state index is 0.0998. The van der Waals surface area contributed by atoms with E-state index < -0.39 is 12.0 Å². The van der Waals surface area contributed by atoms with E-state index in [1.54, 1.807) is 6.20 Å². The summed E-state index contributed by atoms with van der Waals surface area (Å²) >= 11 is 0. The fraction of sp³-hybridized carbons (Fsp3) is 0.444. The van der Waals surface area contributed by atoms with E-state index >= 15 is 0 Å². The number of likely N-dealkylation sites (tertiary alicyclic amines) is 1. The molecule has 1 saturated heterocycles. The predicted molar refractivity (Wildman–Crippen MR) is 216 cm³/mol. The van der Waals surface area contributed by atoms with E-state index in [2.05, 4.69) is 25.9 Å². The molecule has 0 radical (unpaired) electrons. The van der Waals surface area contributed by atoms with E-state index in [4.69, 9.17) is 0 Å². The number of piperidine rings is 1. The number of amides is 2. The van der Waals surface area contributed by atoms with Crippen molar-refractivity contribution < 1.29 is 24.6 Å². The van der Waals surface area contributed by atoms with Gasteiger partial charge in [-0.1, -0.05) is 30.7 Å². The van der Waals surface area contributed by atoms with Crippen LogP contribution in [0.2, 0.25) is 0 Å². The Labute approximate surface area is 328 Å². The lowest BCUT2D eigenvalue weighted by Gasteiger charge is -2.33. The molecule has 11 nitrogen and oxygen atoms in total. The Morgan fingerprint density at radius 1 is 0.732 bits per heavy atom. The average Bonchev–Trinajstić information content (AvgIpc) is 4.14. The second kappa shape index (κ2) is 16.3. The minimum Gasteiger partial charge on any atom is -0.480 e. The quantitative estimate of drug-likeness (QED) is 0.0935. The van der Waals surface area contributed by atoms with Gasteiger partial charge in [0.1, 0.15) is 17.4 Å². The number of carboxylic acids is 1. The Balaban J connectivity index is 0.968. The summed E-state index contributed by atoms with van der Waals surface area (Å²) in [6, 6.07) is 15.1. The van der Waals surface area contributed by atoms with Crippen molar-refractivity contribution in [3.8, 4) is 11.1 Å². The van der Waals surface area contributed by atoms with Crippen LogP contribution in [0.15, 0.2) is 60.9 Å². The van der Waals surface area contributed by atoms with Crippen LogP contribution in [0, 0.1) is 13.8 Å². The second-order valence-corrected chi connectivity index (χ2v) is 16.3. The lowest BCUT2D eigenvalue weighted by molar-refractivity contribution is -0.144. The number of aliphatic carboxylic acids is 1. The molecule has 4 aliphatic rings. The first-order valence-corrected chi connectivity index (χ1v) is 20.3. The summed E-state index contributed by atoms with van der Waals surface area (Å²) in [5.74, 6) is -0.545. The molecule has 2 aromatic carbocycles. The van der Waals surface area contributed by atoms with Gasteiger partial charge in [0, 0.05) is 42.9 Å². The van der Waals surface area contributed by atoms with Gasteiger partial charge in [-0.25, -0.2) is 0 Å². The zero-order valence-corrected chi connectivity index (χ0v) is 32.3. The number of aliphatic hydroxyl groups is 1. The second-order valence-electron chi connectivity index (χ2n) is 16.3. The van der Waals surface area contributed by atoms with Gasteiger partial charge in [0.25, 0.3) is 11.8 Å². The van der Waals surface area contributed by atoms with E-state index in [0.29, 0.717) is 54.1 Å². The summed E-state index contributed by atoms with van der Waals surface area (Å²) in [5.41, 5.74) is 10.1. The molecule has 3 atom stereocenters. The van der Waals surface area contributed by atoms with Crippen LogP contribution in [0.4, 0.5) is 11.4 Å². The van der Waals surface area contributed by atoms with Crippen LogP contribution in [-0.2, 0) is 17.9 Å². The lowest BCUT2D eigenvalue weighted by atomic mass is 9.94. The van der Waals surface area contributed by atoms with Gasteiger partial charge in [-0.05, 0) is 159 Å². The number of anilines is 2. The molecule has 0 unspecified atom stereocenters. The molecule has 8 rings (SSSR count). The Bertz CT molecular complexity index is 2150. The van der Waals surface area contributed by atoms with Gasteiger partial charge >= 0.3 is 5.97 Å². The average molecular weight is 757 g/mol. The molecule has 56 heavy (non-hydrogen) atoms. The summed E-state index contributed by atoms with van der Waals surface area (Å²) in [6.45, 7) is 5.85. The van der Waals surface area contributed by atoms with Gasteiger partial charge in [0.05, 0.1) is 6.10 Å². The molecule has 292 valence electrons. The first-order valence-electron chi connectivity index (χ1n) is 20.3. The van der Waals surface area contributed by atoms with Crippen molar-refractivity contribution in [2.45, 2.75) is 121 Å². The number of carbonyl (C=O) groups excluding carboxylic acids is 2. The van der Waals surface area contributed by atoms with Crippen molar-refractivity contribution in [2.75, 3.05) is 17.2 Å². The Morgan fingerprint density at radius 2 is 1.30 bits per heavy atom. The fourth-order valence-corrected chi connectivity index (χ4v) is 8.67. The molecule has 2 amide bonds. The van der Waals surface area contributed by atoms with Crippen molar-refractivity contribution >= 4 is 29.2 Å². The maximum Gasteiger partial charge on any atom is 0.320 e. The molecule has 3 aliphatic carbocycles. The van der Waals surface area contributed by atoms with Crippen LogP contribution < -0.4 is 16.0 Å². The summed E-state index contributed by atoms with van der Waals surface area (Å²) in [5, 5.41) is 29.8. The van der Waals surface area contributed by atoms with Crippen LogP contribution in [-0.4, -0.2) is 67.6 Å². The Hall–Kier alpha value is -4.97. The highest BCUT2D eigenvalue weighted by Gasteiger charge is 2.33. The zero-order valence-electron chi connectivity index (χ0n) is 32.3. The number of nitrogens with zero attached hydrogens (tertiary/aromatic N) is 3. The minimum atomic E-state index is -0.780. The number of hydrogen-bond donors (Lipinski definition) is 5. The van der Waals surface area contributed by atoms with Gasteiger partial charge in [-0.2, -0.15) is 0 Å². The standard InChI is InChI=1S/C45H52N6O5/c1-26-32(8-5-10-36(26)49-43(53)39-20-34(28-15-16-28)30(23-47-39)22-46-38-12-7-14-42(38)52)33-9-6-11-37(27(33)2)50-44(54)40-21-35(29-17-18-29)31(24-48-40)25-51-19-4-3-13-41(51)45(55)56/h5-6,8-11,20-21,23-24,28-29,38,41-42,46,52H,3-4,7,12-19,22,25H2,1-2H3,(H,49,53)(H,50,54)(H,55,56)/t38-,41+,42-/m1/s1. The van der Waals surface area contributed by atoms with Crippen LogP contribution in [0.3, 0.4) is 0 Å². The third-order valence-corrected chi connectivity index (χ3v) is 12.3. The SMILES string of the molecule is Cc1c(NC(=O)c2cc(C3CC3)c(CN[C@@H]3CCC[C@H]3O)cn2)cccc1-c1cccc(NC(=O)c2cc(C3CC3)c(CN3CCCC[C@H]3C(=O)O)cn2)c1C. The van der Waals surface area contributed by atoms with Crippen LogP contribution in [0.1, 0.15) is 130 Å². The van der Waals surface area contributed by atoms with Gasteiger partial charge in [-0.15, -0.1) is 0 Å². The molecule has 4 fully saturated rings. The van der Waals surface area contributed by atoms with Crippen molar-refractivity contribution in [3.63, 3.8) is 0 Å². The largest absolute Gasteiger partial charge is 0.480 e. The number of nitrogens with one attached hydrogen (secondary N) is 3. The Morgan fingerprint density at radius 3 is 1.84 bits per heavy atom. The third kappa shape index (κ3) is 8.26. The first kappa shape index (κ1) is 37.9. The molecule has 3 saturated carbocycles. The van der Waals surface area contributed by atoms with Crippen molar-refractivity contribution in [2.24, 2.45) is 0 Å². The Kier molecular flexibility index (Phi) is 11.0. The van der Waals surface area contributed by atoms with Crippen LogP contribution >= 0.6 is 0 Å². The molecule has 5 N–H and O–H groups in total. The number of hydrogen-bond acceptors (Lipinski definition) is 8. The highest BCUT2D eigenvalue weighted by atomic mass is 16.4. The zero-order chi connectivity index (χ0) is 38.9. The summed E-state index contributed by atoms with van der Waals surface area (Å²) in [6.07, 6.45) is 13.0. The molecule has 1 aliphatic heterocycles. The van der Waals surface area contributed by atoms with Gasteiger partial charge in [0.2, 0.25) is 0 Å². The summed E-state index contributed by atoms with van der Waals surface area (Å²) < 4.78 is 0. The van der Waals surface area contributed by atoms with Crippen molar-refractivity contribution in [1.82, 2.24) is 20.2 Å². The van der Waals surface area contributed by atoms with E-state index in [9.17, 15) is 24.6 Å². The number of carbonyl (C=O) groups is 3. The maximum atomic E-state index is 13.7. The van der Waals surface area contributed by atoms with Crippen LogP contribution in [0.25, 0.3) is 11.1 Å². The fourth-order valence-electron chi connectivity index (χ4n) is 8.67. The third-order valence-electron chi connectivity index (χ3n) is 12.3. The van der Waals surface area contributed by atoms with E-state index in [1.165, 1.54) is 0 Å². The van der Waals surface area contributed by atoms with Gasteiger partial charge in [0.15, 0.2) is 0 Å². The van der Waals surface area contributed by atoms with Gasteiger partial charge < -0.3 is 26.2 Å². The highest BCUT2D eigenvalue weighted by Crippen LogP contribution is 2.43. The molecule has 11 heteroatoms. The number of benzene rings is 2. The molecular weight excluding hydrogens is 705 g/mol. The monoisotopic (exact) mass is 756 g/mol. The first-order chi connectivity index (χ1) is 27.1. The number of rotatable bonds is 13. The smallest absolute Gasteiger partial charge is 0.320 e. The lowest BCUT2D eigenvalue weighted by Crippen LogP contribution is -2.44. The maximum absolute atomic E-state index is 13.7. The molecule has 0 bridgehead atoms. The molecule has 4 aromatic rings. The summed E-state index contributed by atoms with van der Waals surface area (Å²) in [4.78, 5) is 50.5. The predicted octanol–water partition coefficient (Wildman–Crippen LogP) is 7.46. The van der Waals surface area contributed by atoms with Crippen molar-refractivity contribution in [1.29, 1.82) is 0 Å². The van der Waals surface area contributed by atoms with Crippen LogP contribution in [0.5, 0.6) is 0 Å². The van der Waals surface area contributed by atoms with Gasteiger partial charge in [-0.3, -0.25) is 29.3 Å². The molecule has 0 spiro atoms. The normalized spacial score (nSPS) is 21.2. The van der Waals surface area contributed by atoms with Crippen molar-refractivity contribution in [3.05, 3.63) is 106 Å². The number of aromatic nitrogens is 2. The topological polar surface area (TPSA) is 157 Å². The molecule has 3 heterocycles. The molecular formula is C45H52N6O5. The van der Waals surface area contributed by atoms with E-state index in [1.807, 2.05) is 73.5 Å². The summed E-state index contributed by atoms with van der Waals surface area (Å²) in [7, 11) is 0. The van der Waals surface area contributed by atoms with E-state index in [0.717, 1.165) is 109 Å². The number of pyridine rings is 2. The number of carboxylic acid groups (broad SMARTS) is 1. The number of aliphatic hydroxyl groups excluding tert-OH is 1.